The number of carbonyl (C=O) groups is 2. The number of alkyl carbamates (subject to hydrolysis) is 1. The van der Waals surface area contributed by atoms with Crippen molar-refractivity contribution >= 4 is 12.0 Å². The normalized spacial score (nSPS) is 16.7. The predicted molar refractivity (Wildman–Crippen MR) is 82.7 cm³/mol. The fraction of sp³-hybridized carbons (Fsp3) is 0.714. The molecule has 0 saturated carbocycles. The highest BCUT2D eigenvalue weighted by molar-refractivity contribution is 5.86. The SMILES string of the molecule is CC(C)(C)OC(=O)N[C@@H](Cc1cn[nH]n1)C(=O)N1CCNCC1. The van der Waals surface area contributed by atoms with Crippen molar-refractivity contribution < 1.29 is 14.3 Å². The summed E-state index contributed by atoms with van der Waals surface area (Å²) in [5.41, 5.74) is -0.0183. The minimum Gasteiger partial charge on any atom is -0.444 e. The molecule has 1 saturated heterocycles. The lowest BCUT2D eigenvalue weighted by atomic mass is 10.1. The number of H-pyrrole nitrogens is 1. The van der Waals surface area contributed by atoms with Crippen molar-refractivity contribution in [3.05, 3.63) is 11.9 Å². The molecule has 1 aromatic rings. The third-order valence-electron chi connectivity index (χ3n) is 3.30. The summed E-state index contributed by atoms with van der Waals surface area (Å²) in [4.78, 5) is 26.5. The number of hydrogen-bond donors (Lipinski definition) is 3. The van der Waals surface area contributed by atoms with E-state index in [2.05, 4.69) is 26.0 Å². The number of aromatic amines is 1. The van der Waals surface area contributed by atoms with Gasteiger partial charge in [0.1, 0.15) is 11.6 Å². The molecule has 0 bridgehead atoms. The molecule has 3 N–H and O–H groups in total. The van der Waals surface area contributed by atoms with Crippen molar-refractivity contribution in [3.63, 3.8) is 0 Å². The highest BCUT2D eigenvalue weighted by Crippen LogP contribution is 2.09. The quantitative estimate of drug-likeness (QED) is 0.699. The second kappa shape index (κ2) is 7.40. The maximum absolute atomic E-state index is 12.7. The van der Waals surface area contributed by atoms with Gasteiger partial charge in [-0.05, 0) is 20.8 Å². The Morgan fingerprint density at radius 3 is 2.65 bits per heavy atom. The van der Waals surface area contributed by atoms with Gasteiger partial charge in [-0.1, -0.05) is 0 Å². The molecule has 9 nitrogen and oxygen atoms in total. The van der Waals surface area contributed by atoms with E-state index >= 15 is 0 Å². The van der Waals surface area contributed by atoms with Gasteiger partial charge in [0, 0.05) is 32.6 Å². The van der Waals surface area contributed by atoms with Gasteiger partial charge in [0.2, 0.25) is 5.91 Å². The molecule has 1 aromatic heterocycles. The van der Waals surface area contributed by atoms with Crippen LogP contribution in [0.1, 0.15) is 26.5 Å². The highest BCUT2D eigenvalue weighted by atomic mass is 16.6. The summed E-state index contributed by atoms with van der Waals surface area (Å²) in [5.74, 6) is -0.139. The number of amides is 2. The first-order chi connectivity index (χ1) is 10.8. The number of rotatable bonds is 4. The zero-order valence-corrected chi connectivity index (χ0v) is 13.8. The van der Waals surface area contributed by atoms with Crippen LogP contribution in [0.25, 0.3) is 0 Å². The van der Waals surface area contributed by atoms with Crippen LogP contribution >= 0.6 is 0 Å². The van der Waals surface area contributed by atoms with E-state index in [0.29, 0.717) is 18.8 Å². The smallest absolute Gasteiger partial charge is 0.408 e. The van der Waals surface area contributed by atoms with E-state index in [1.54, 1.807) is 25.7 Å². The molecule has 128 valence electrons. The topological polar surface area (TPSA) is 112 Å². The molecule has 0 unspecified atom stereocenters. The van der Waals surface area contributed by atoms with E-state index in [9.17, 15) is 9.59 Å². The largest absolute Gasteiger partial charge is 0.444 e. The molecule has 0 spiro atoms. The Kier molecular flexibility index (Phi) is 5.54. The first-order valence-corrected chi connectivity index (χ1v) is 7.69. The molecular weight excluding hydrogens is 300 g/mol. The van der Waals surface area contributed by atoms with Crippen LogP contribution in [0.2, 0.25) is 0 Å². The van der Waals surface area contributed by atoms with E-state index in [4.69, 9.17) is 4.74 Å². The molecule has 1 aliphatic heterocycles. The molecule has 0 aromatic carbocycles. The van der Waals surface area contributed by atoms with Crippen molar-refractivity contribution in [2.75, 3.05) is 26.2 Å². The molecule has 2 heterocycles. The fourth-order valence-corrected chi connectivity index (χ4v) is 2.29. The van der Waals surface area contributed by atoms with Gasteiger partial charge in [-0.3, -0.25) is 4.79 Å². The van der Waals surface area contributed by atoms with E-state index < -0.39 is 17.7 Å². The Labute approximate surface area is 135 Å². The average molecular weight is 324 g/mol. The number of piperazine rings is 1. The predicted octanol–water partition coefficient (Wildman–Crippen LogP) is -0.328. The highest BCUT2D eigenvalue weighted by Gasteiger charge is 2.29. The van der Waals surface area contributed by atoms with Crippen molar-refractivity contribution in [2.24, 2.45) is 0 Å². The van der Waals surface area contributed by atoms with Crippen LogP contribution in [0.5, 0.6) is 0 Å². The van der Waals surface area contributed by atoms with E-state index in [-0.39, 0.29) is 12.3 Å². The lowest BCUT2D eigenvalue weighted by molar-refractivity contribution is -0.134. The van der Waals surface area contributed by atoms with Crippen molar-refractivity contribution in [3.8, 4) is 0 Å². The Morgan fingerprint density at radius 2 is 2.09 bits per heavy atom. The van der Waals surface area contributed by atoms with Gasteiger partial charge >= 0.3 is 6.09 Å². The van der Waals surface area contributed by atoms with Gasteiger partial charge in [-0.2, -0.15) is 15.4 Å². The number of aromatic nitrogens is 3. The van der Waals surface area contributed by atoms with Crippen LogP contribution in [-0.4, -0.2) is 70.1 Å². The molecule has 1 atom stereocenters. The van der Waals surface area contributed by atoms with Crippen molar-refractivity contribution in [1.29, 1.82) is 0 Å². The maximum Gasteiger partial charge on any atom is 0.408 e. The second-order valence-electron chi connectivity index (χ2n) is 6.44. The summed E-state index contributed by atoms with van der Waals surface area (Å²) in [5, 5.41) is 16.0. The van der Waals surface area contributed by atoms with Gasteiger partial charge in [0.25, 0.3) is 0 Å². The third kappa shape index (κ3) is 5.51. The monoisotopic (exact) mass is 324 g/mol. The summed E-state index contributed by atoms with van der Waals surface area (Å²) >= 11 is 0. The number of hydrogen-bond acceptors (Lipinski definition) is 6. The van der Waals surface area contributed by atoms with E-state index in [1.165, 1.54) is 6.20 Å². The van der Waals surface area contributed by atoms with E-state index in [0.717, 1.165) is 13.1 Å². The third-order valence-corrected chi connectivity index (χ3v) is 3.30. The minimum absolute atomic E-state index is 0.139. The van der Waals surface area contributed by atoms with Crippen LogP contribution in [0, 0.1) is 0 Å². The Bertz CT molecular complexity index is 519. The van der Waals surface area contributed by atoms with E-state index in [1.807, 2.05) is 0 Å². The van der Waals surface area contributed by atoms with Gasteiger partial charge < -0.3 is 20.3 Å². The van der Waals surface area contributed by atoms with Crippen LogP contribution < -0.4 is 10.6 Å². The average Bonchev–Trinajstić information content (AvgIpc) is 2.98. The summed E-state index contributed by atoms with van der Waals surface area (Å²) in [7, 11) is 0. The molecule has 1 fully saturated rings. The number of nitrogens with one attached hydrogen (secondary N) is 3. The molecule has 0 aliphatic carbocycles. The maximum atomic E-state index is 12.7. The molecule has 2 rings (SSSR count). The van der Waals surface area contributed by atoms with Gasteiger partial charge in [0.15, 0.2) is 0 Å². The zero-order valence-electron chi connectivity index (χ0n) is 13.8. The molecule has 23 heavy (non-hydrogen) atoms. The number of carbonyl (C=O) groups excluding carboxylic acids is 2. The summed E-state index contributed by atoms with van der Waals surface area (Å²) in [6.45, 7) is 8.05. The molecule has 0 radical (unpaired) electrons. The van der Waals surface area contributed by atoms with Crippen molar-refractivity contribution in [2.45, 2.75) is 38.8 Å². The zero-order chi connectivity index (χ0) is 16.9. The number of ether oxygens (including phenoxy) is 1. The number of nitrogens with zero attached hydrogens (tertiary/aromatic N) is 3. The van der Waals surface area contributed by atoms with Crippen molar-refractivity contribution in [1.82, 2.24) is 30.9 Å². The lowest BCUT2D eigenvalue weighted by Crippen LogP contribution is -2.55. The Hall–Kier alpha value is -2.16. The first kappa shape index (κ1) is 17.2. The second-order valence-corrected chi connectivity index (χ2v) is 6.44. The van der Waals surface area contributed by atoms with Crippen LogP contribution in [-0.2, 0) is 16.0 Å². The Morgan fingerprint density at radius 1 is 1.39 bits per heavy atom. The molecule has 2 amide bonds. The van der Waals surface area contributed by atoms with Crippen LogP contribution in [0.3, 0.4) is 0 Å². The lowest BCUT2D eigenvalue weighted by Gasteiger charge is -2.31. The minimum atomic E-state index is -0.729. The van der Waals surface area contributed by atoms with Gasteiger partial charge in [0.05, 0.1) is 11.9 Å². The summed E-state index contributed by atoms with van der Waals surface area (Å²) < 4.78 is 5.25. The van der Waals surface area contributed by atoms with Crippen LogP contribution in [0.15, 0.2) is 6.20 Å². The Balaban J connectivity index is 2.04. The summed E-state index contributed by atoms with van der Waals surface area (Å²) in [6.07, 6.45) is 1.18. The van der Waals surface area contributed by atoms with Crippen LogP contribution in [0.4, 0.5) is 4.79 Å². The van der Waals surface area contributed by atoms with Gasteiger partial charge in [-0.15, -0.1) is 0 Å². The molecule has 1 aliphatic rings. The summed E-state index contributed by atoms with van der Waals surface area (Å²) in [6, 6.07) is -0.729. The fourth-order valence-electron chi connectivity index (χ4n) is 2.29. The standard InChI is InChI=1S/C14H24N6O3/c1-14(2,3)23-13(22)17-11(8-10-9-16-19-18-10)12(21)20-6-4-15-5-7-20/h9,11,15H,4-8H2,1-3H3,(H,17,22)(H,16,18,19)/t11-/m0/s1. The van der Waals surface area contributed by atoms with Gasteiger partial charge in [-0.25, -0.2) is 4.79 Å². The molecular formula is C14H24N6O3. The molecule has 9 heteroatoms. The first-order valence-electron chi connectivity index (χ1n) is 7.69.